The van der Waals surface area contributed by atoms with E-state index in [0.29, 0.717) is 17.7 Å². The molecular weight excluding hydrogens is 445 g/mol. The molecule has 10 heteroatoms. The third-order valence-electron chi connectivity index (χ3n) is 3.29. The van der Waals surface area contributed by atoms with Crippen LogP contribution in [0.25, 0.3) is 11.3 Å². The zero-order chi connectivity index (χ0) is 19.5. The Bertz CT molecular complexity index is 778. The zero-order valence-electron chi connectivity index (χ0n) is 14.6. The molecule has 0 bridgehead atoms. The molecule has 2 unspecified atom stereocenters. The second-order valence-electron chi connectivity index (χ2n) is 6.59. The minimum atomic E-state index is -2.10. The van der Waals surface area contributed by atoms with Crippen molar-refractivity contribution in [2.45, 2.75) is 30.9 Å². The quantitative estimate of drug-likeness (QED) is 0.302. The number of benzene rings is 1. The molecule has 6 nitrogen and oxygen atoms in total. The molecule has 1 heterocycles. The average Bonchev–Trinajstić information content (AvgIpc) is 2.83. The van der Waals surface area contributed by atoms with Crippen LogP contribution in [0.1, 0.15) is 17.0 Å². The highest BCUT2D eigenvalue weighted by Gasteiger charge is 2.30. The number of nitrogens with one attached hydrogen (secondary N) is 1. The molecule has 1 aromatic heterocycles. The molecule has 0 amide bonds. The van der Waals surface area contributed by atoms with Gasteiger partial charge in [0.2, 0.25) is 25.3 Å². The van der Waals surface area contributed by atoms with Gasteiger partial charge < -0.3 is 13.9 Å². The lowest BCUT2D eigenvalue weighted by Gasteiger charge is -2.20. The van der Waals surface area contributed by atoms with E-state index < -0.39 is 19.6 Å². The molecule has 3 N–H and O–H groups in total. The standard InChI is InChI=1S/C16H21BrFNO5SSi/c1-26(2,3)24-16-13(20)14(10-4-6-11(18)7-5-10)23-15(16)12(17)8-9-19-25(21)22/h4-7,12,19-20H,8-9H2,1-3H3,(H,21,22). The Labute approximate surface area is 163 Å². The second-order valence-corrected chi connectivity index (χ2v) is 12.9. The number of furan rings is 1. The molecule has 144 valence electrons. The predicted octanol–water partition coefficient (Wildman–Crippen LogP) is 4.56. The van der Waals surface area contributed by atoms with Crippen LogP contribution in [0.4, 0.5) is 4.39 Å². The van der Waals surface area contributed by atoms with E-state index >= 15 is 0 Å². The van der Waals surface area contributed by atoms with Crippen molar-refractivity contribution in [3.63, 3.8) is 0 Å². The van der Waals surface area contributed by atoms with Gasteiger partial charge in [-0.15, -0.1) is 0 Å². The molecule has 2 aromatic rings. The summed E-state index contributed by atoms with van der Waals surface area (Å²) in [7, 11) is -2.06. The largest absolute Gasteiger partial charge is 0.539 e. The van der Waals surface area contributed by atoms with E-state index in [1.807, 2.05) is 19.6 Å². The van der Waals surface area contributed by atoms with Crippen molar-refractivity contribution in [2.24, 2.45) is 0 Å². The van der Waals surface area contributed by atoms with Crippen molar-refractivity contribution in [2.75, 3.05) is 6.54 Å². The van der Waals surface area contributed by atoms with Crippen LogP contribution in [0.5, 0.6) is 11.5 Å². The first-order valence-electron chi connectivity index (χ1n) is 7.87. The molecule has 0 aliphatic rings. The summed E-state index contributed by atoms with van der Waals surface area (Å²) in [6.07, 6.45) is 0.421. The highest BCUT2D eigenvalue weighted by molar-refractivity contribution is 9.09. The van der Waals surface area contributed by atoms with Gasteiger partial charge in [0.05, 0.1) is 4.83 Å². The van der Waals surface area contributed by atoms with Crippen LogP contribution < -0.4 is 9.15 Å². The van der Waals surface area contributed by atoms with Gasteiger partial charge >= 0.3 is 0 Å². The Hall–Kier alpha value is -1.20. The van der Waals surface area contributed by atoms with Crippen LogP contribution >= 0.6 is 15.9 Å². The fourth-order valence-electron chi connectivity index (χ4n) is 2.24. The Morgan fingerprint density at radius 3 is 2.50 bits per heavy atom. The fraction of sp³-hybridized carbons (Fsp3) is 0.375. The summed E-state index contributed by atoms with van der Waals surface area (Å²) in [5.74, 6) is 0.291. The maximum absolute atomic E-state index is 13.2. The molecule has 0 saturated heterocycles. The second kappa shape index (κ2) is 8.66. The minimum Gasteiger partial charge on any atom is -0.539 e. The molecule has 0 spiro atoms. The third-order valence-corrected chi connectivity index (χ3v) is 5.43. The van der Waals surface area contributed by atoms with E-state index in [2.05, 4.69) is 20.7 Å². The molecule has 0 saturated carbocycles. The lowest BCUT2D eigenvalue weighted by Crippen LogP contribution is -2.29. The first-order chi connectivity index (χ1) is 12.1. The van der Waals surface area contributed by atoms with E-state index in [1.165, 1.54) is 24.3 Å². The van der Waals surface area contributed by atoms with Crippen LogP contribution in [-0.2, 0) is 11.3 Å². The van der Waals surface area contributed by atoms with Gasteiger partial charge in [-0.3, -0.25) is 4.55 Å². The normalized spacial score (nSPS) is 14.2. The fourth-order valence-corrected chi connectivity index (χ4v) is 3.87. The van der Waals surface area contributed by atoms with Gasteiger partial charge in [0, 0.05) is 12.1 Å². The van der Waals surface area contributed by atoms with Gasteiger partial charge in [-0.2, -0.15) is 0 Å². The minimum absolute atomic E-state index is 0.142. The SMILES string of the molecule is C[Si](C)(C)Oc1c(C(Br)CCNS(=O)O)oc(-c2ccc(F)cc2)c1O. The highest BCUT2D eigenvalue weighted by atomic mass is 79.9. The maximum Gasteiger partial charge on any atom is 0.242 e. The number of alkyl halides is 1. The van der Waals surface area contributed by atoms with Crippen LogP contribution in [0.15, 0.2) is 28.7 Å². The lowest BCUT2D eigenvalue weighted by atomic mass is 10.1. The average molecular weight is 466 g/mol. The van der Waals surface area contributed by atoms with Gasteiger partial charge in [-0.05, 0) is 50.3 Å². The molecule has 0 aliphatic heterocycles. The van der Waals surface area contributed by atoms with Crippen LogP contribution in [0.3, 0.4) is 0 Å². The molecular formula is C16H21BrFNO5SSi. The number of aromatic hydroxyl groups is 1. The van der Waals surface area contributed by atoms with Crippen molar-refractivity contribution in [3.05, 3.63) is 35.8 Å². The van der Waals surface area contributed by atoms with Gasteiger partial charge in [0.15, 0.2) is 17.3 Å². The number of hydrogen-bond acceptors (Lipinski definition) is 4. The van der Waals surface area contributed by atoms with E-state index in [4.69, 9.17) is 13.4 Å². The Morgan fingerprint density at radius 2 is 1.96 bits per heavy atom. The Balaban J connectivity index is 2.39. The predicted molar refractivity (Wildman–Crippen MR) is 105 cm³/mol. The lowest BCUT2D eigenvalue weighted by molar-refractivity contribution is 0.438. The summed E-state index contributed by atoms with van der Waals surface area (Å²) >= 11 is 1.37. The molecule has 0 radical (unpaired) electrons. The summed E-state index contributed by atoms with van der Waals surface area (Å²) in [6.45, 7) is 6.17. The third kappa shape index (κ3) is 5.65. The molecule has 2 rings (SSSR count). The van der Waals surface area contributed by atoms with Crippen molar-refractivity contribution in [3.8, 4) is 22.8 Å². The van der Waals surface area contributed by atoms with Crippen molar-refractivity contribution in [1.29, 1.82) is 0 Å². The van der Waals surface area contributed by atoms with Crippen LogP contribution in [0, 0.1) is 5.82 Å². The smallest absolute Gasteiger partial charge is 0.242 e. The Morgan fingerprint density at radius 1 is 1.35 bits per heavy atom. The van der Waals surface area contributed by atoms with Crippen LogP contribution in [-0.4, -0.2) is 28.7 Å². The first-order valence-corrected chi connectivity index (χ1v) is 13.3. The van der Waals surface area contributed by atoms with Crippen molar-refractivity contribution in [1.82, 2.24) is 4.72 Å². The molecule has 2 atom stereocenters. The molecule has 26 heavy (non-hydrogen) atoms. The number of rotatable bonds is 8. The van der Waals surface area contributed by atoms with E-state index in [1.54, 1.807) is 0 Å². The van der Waals surface area contributed by atoms with Crippen LogP contribution in [0.2, 0.25) is 19.6 Å². The van der Waals surface area contributed by atoms with Gasteiger partial charge in [0.1, 0.15) is 5.82 Å². The topological polar surface area (TPSA) is 91.9 Å². The molecule has 1 aromatic carbocycles. The van der Waals surface area contributed by atoms with E-state index in [-0.39, 0.29) is 34.4 Å². The number of halogens is 2. The summed E-state index contributed by atoms with van der Waals surface area (Å²) in [5, 5.41) is 10.6. The maximum atomic E-state index is 13.2. The number of hydrogen-bond donors (Lipinski definition) is 3. The Kier molecular flexibility index (Phi) is 7.03. The van der Waals surface area contributed by atoms with E-state index in [0.717, 1.165) is 0 Å². The molecule has 0 fully saturated rings. The highest BCUT2D eigenvalue weighted by Crippen LogP contribution is 2.48. The summed E-state index contributed by atoms with van der Waals surface area (Å²) in [6, 6.07) is 5.58. The monoisotopic (exact) mass is 465 g/mol. The first kappa shape index (κ1) is 21.1. The summed E-state index contributed by atoms with van der Waals surface area (Å²) < 4.78 is 46.9. The summed E-state index contributed by atoms with van der Waals surface area (Å²) in [5.41, 5.74) is 0.518. The van der Waals surface area contributed by atoms with Gasteiger partial charge in [0.25, 0.3) is 0 Å². The molecule has 0 aliphatic carbocycles. The van der Waals surface area contributed by atoms with Crippen molar-refractivity contribution < 1.29 is 27.1 Å². The van der Waals surface area contributed by atoms with Gasteiger partial charge in [-0.1, -0.05) is 15.9 Å². The van der Waals surface area contributed by atoms with Gasteiger partial charge in [-0.25, -0.2) is 13.3 Å². The summed E-state index contributed by atoms with van der Waals surface area (Å²) in [4.78, 5) is -0.356. The van der Waals surface area contributed by atoms with Crippen molar-refractivity contribution >= 4 is 35.5 Å². The van der Waals surface area contributed by atoms with E-state index in [9.17, 15) is 13.7 Å². The zero-order valence-corrected chi connectivity index (χ0v) is 18.0.